The third kappa shape index (κ3) is 7.14. The Balaban J connectivity index is 1.08. The first-order chi connectivity index (χ1) is 24.9. The number of esters is 2. The molecule has 0 saturated heterocycles. The molecule has 4 saturated carbocycles. The Kier molecular flexibility index (Phi) is 11.1. The average Bonchev–Trinajstić information content (AvgIpc) is 3.53. The number of carboxylic acid groups (broad SMARTS) is 1. The molecular weight excluding hydrogens is 666 g/mol. The van der Waals surface area contributed by atoms with Crippen molar-refractivity contribution in [2.24, 2.45) is 50.2 Å². The summed E-state index contributed by atoms with van der Waals surface area (Å²) < 4.78 is 13.2. The van der Waals surface area contributed by atoms with Crippen LogP contribution in [0.15, 0.2) is 17.8 Å². The van der Waals surface area contributed by atoms with Crippen molar-refractivity contribution >= 4 is 17.9 Å². The Morgan fingerprint density at radius 1 is 0.868 bits per heavy atom. The summed E-state index contributed by atoms with van der Waals surface area (Å²) in [6.45, 7) is 19.1. The van der Waals surface area contributed by atoms with Gasteiger partial charge in [0.05, 0.1) is 11.6 Å². The quantitative estimate of drug-likeness (QED) is 0.121. The number of hydrogen-bond acceptors (Lipinski definition) is 7. The molecule has 1 aromatic heterocycles. The van der Waals surface area contributed by atoms with Gasteiger partial charge in [-0.05, 0) is 110 Å². The van der Waals surface area contributed by atoms with Gasteiger partial charge in [-0.2, -0.15) is 0 Å². The maximum absolute atomic E-state index is 13.4. The molecule has 9 nitrogen and oxygen atoms in total. The Labute approximate surface area is 318 Å². The molecule has 1 heterocycles. The number of ether oxygens (including phenoxy) is 2. The van der Waals surface area contributed by atoms with Gasteiger partial charge in [0.25, 0.3) is 0 Å². The lowest BCUT2D eigenvalue weighted by molar-refractivity contribution is -0.214. The van der Waals surface area contributed by atoms with Gasteiger partial charge in [-0.1, -0.05) is 104 Å². The third-order valence-corrected chi connectivity index (χ3v) is 16.3. The van der Waals surface area contributed by atoms with Crippen molar-refractivity contribution in [2.75, 3.05) is 0 Å². The number of carbonyl (C=O) groups is 3. The second-order valence-corrected chi connectivity index (χ2v) is 20.1. The first-order valence-electron chi connectivity index (χ1n) is 21.1. The highest BCUT2D eigenvalue weighted by Gasteiger charge is 2.69. The van der Waals surface area contributed by atoms with Crippen LogP contribution in [0.3, 0.4) is 0 Å². The molecule has 0 spiro atoms. The smallest absolute Gasteiger partial charge is 0.328 e. The van der Waals surface area contributed by atoms with Crippen LogP contribution in [0.5, 0.6) is 0 Å². The molecule has 6 rings (SSSR count). The Hall–Kier alpha value is -2.71. The Morgan fingerprint density at radius 2 is 1.58 bits per heavy atom. The summed E-state index contributed by atoms with van der Waals surface area (Å²) in [4.78, 5) is 38.6. The number of carbonyl (C=O) groups excluding carboxylic acids is 2. The van der Waals surface area contributed by atoms with Crippen LogP contribution < -0.4 is 0 Å². The highest BCUT2D eigenvalue weighted by atomic mass is 16.5. The molecule has 8 atom stereocenters. The zero-order valence-corrected chi connectivity index (χ0v) is 34.2. The Morgan fingerprint density at radius 3 is 2.32 bits per heavy atom. The van der Waals surface area contributed by atoms with Crippen LogP contribution in [-0.4, -0.2) is 44.1 Å². The summed E-state index contributed by atoms with van der Waals surface area (Å²) in [7, 11) is 0. The fourth-order valence-corrected chi connectivity index (χ4v) is 12.9. The monoisotopic (exact) mass is 736 g/mol. The zero-order valence-electron chi connectivity index (χ0n) is 34.2. The van der Waals surface area contributed by atoms with Gasteiger partial charge in [0, 0.05) is 11.8 Å². The van der Waals surface area contributed by atoms with Crippen LogP contribution >= 0.6 is 0 Å². The molecule has 0 bridgehead atoms. The number of carboxylic acids is 1. The molecule has 0 aromatic carbocycles. The van der Waals surface area contributed by atoms with Crippen molar-refractivity contribution < 1.29 is 29.0 Å². The number of rotatable bonds is 13. The van der Waals surface area contributed by atoms with E-state index in [1.807, 2.05) is 0 Å². The summed E-state index contributed by atoms with van der Waals surface area (Å²) in [6, 6.07) is 0. The van der Waals surface area contributed by atoms with Crippen molar-refractivity contribution in [3.63, 3.8) is 0 Å². The second kappa shape index (κ2) is 14.7. The van der Waals surface area contributed by atoms with E-state index in [-0.39, 0.29) is 64.2 Å². The molecule has 0 aliphatic heterocycles. The van der Waals surface area contributed by atoms with E-state index >= 15 is 0 Å². The molecule has 296 valence electrons. The van der Waals surface area contributed by atoms with Crippen LogP contribution in [-0.2, 0) is 37.0 Å². The van der Waals surface area contributed by atoms with Gasteiger partial charge in [-0.15, -0.1) is 5.10 Å². The maximum Gasteiger partial charge on any atom is 0.328 e. The van der Waals surface area contributed by atoms with Crippen LogP contribution in [0.2, 0.25) is 0 Å². The van der Waals surface area contributed by atoms with Gasteiger partial charge in [-0.3, -0.25) is 14.4 Å². The zero-order chi connectivity index (χ0) is 38.5. The number of allylic oxidation sites excluding steroid dienone is 2. The van der Waals surface area contributed by atoms with Crippen molar-refractivity contribution in [1.82, 2.24) is 15.0 Å². The second-order valence-electron chi connectivity index (χ2n) is 20.1. The summed E-state index contributed by atoms with van der Waals surface area (Å²) in [5.41, 5.74) is 1.47. The molecular formula is C44H69N3O6. The number of hydrogen-bond donors (Lipinski definition) is 1. The lowest BCUT2D eigenvalue weighted by atomic mass is 9.33. The van der Waals surface area contributed by atoms with Gasteiger partial charge < -0.3 is 14.6 Å². The molecule has 9 heteroatoms. The molecule has 1 N–H and O–H groups in total. The van der Waals surface area contributed by atoms with Gasteiger partial charge in [-0.25, -0.2) is 4.68 Å². The average molecular weight is 736 g/mol. The predicted molar refractivity (Wildman–Crippen MR) is 204 cm³/mol. The van der Waals surface area contributed by atoms with Gasteiger partial charge >= 0.3 is 17.9 Å². The molecule has 5 aliphatic carbocycles. The summed E-state index contributed by atoms with van der Waals surface area (Å²) in [5, 5.41) is 18.9. The van der Waals surface area contributed by atoms with E-state index in [1.165, 1.54) is 29.5 Å². The fourth-order valence-electron chi connectivity index (χ4n) is 12.9. The van der Waals surface area contributed by atoms with E-state index in [2.05, 4.69) is 71.8 Å². The summed E-state index contributed by atoms with van der Waals surface area (Å²) in [6.07, 6.45) is 20.6. The number of unbranched alkanes of at least 4 members (excludes halogenated alkanes) is 5. The predicted octanol–water partition coefficient (Wildman–Crippen LogP) is 9.87. The lowest BCUT2D eigenvalue weighted by Gasteiger charge is -2.71. The summed E-state index contributed by atoms with van der Waals surface area (Å²) in [5.74, 6) is -0.125. The van der Waals surface area contributed by atoms with Gasteiger partial charge in [0.15, 0.2) is 0 Å². The first-order valence-corrected chi connectivity index (χ1v) is 21.1. The largest absolute Gasteiger partial charge is 0.481 e. The minimum absolute atomic E-state index is 0.0166. The van der Waals surface area contributed by atoms with Crippen LogP contribution in [0, 0.1) is 50.2 Å². The highest BCUT2D eigenvalue weighted by Crippen LogP contribution is 2.75. The molecule has 53 heavy (non-hydrogen) atoms. The molecule has 5 aliphatic rings. The molecule has 1 aromatic rings. The molecule has 0 amide bonds. The number of nitrogens with zero attached hydrogens (tertiary/aromatic N) is 3. The fraction of sp³-hybridized carbons (Fsp3) is 0.841. The van der Waals surface area contributed by atoms with Crippen molar-refractivity contribution in [2.45, 2.75) is 184 Å². The minimum Gasteiger partial charge on any atom is -0.481 e. The van der Waals surface area contributed by atoms with Gasteiger partial charge in [0.2, 0.25) is 0 Å². The lowest BCUT2D eigenvalue weighted by Crippen LogP contribution is -2.65. The third-order valence-electron chi connectivity index (χ3n) is 16.3. The minimum atomic E-state index is -0.622. The van der Waals surface area contributed by atoms with Gasteiger partial charge in [0.1, 0.15) is 24.9 Å². The van der Waals surface area contributed by atoms with Crippen LogP contribution in [0.1, 0.15) is 170 Å². The van der Waals surface area contributed by atoms with Crippen molar-refractivity contribution in [3.05, 3.63) is 23.5 Å². The Bertz CT molecular complexity index is 1560. The maximum atomic E-state index is 13.4. The van der Waals surface area contributed by atoms with E-state index in [1.54, 1.807) is 6.20 Å². The number of fused-ring (bicyclic) bond motifs is 7. The van der Waals surface area contributed by atoms with E-state index in [0.717, 1.165) is 83.5 Å². The van der Waals surface area contributed by atoms with E-state index in [9.17, 15) is 19.5 Å². The highest BCUT2D eigenvalue weighted by molar-refractivity contribution is 5.76. The number of aliphatic carboxylic acids is 1. The molecule has 0 radical (unpaired) electrons. The topological polar surface area (TPSA) is 121 Å². The van der Waals surface area contributed by atoms with Crippen molar-refractivity contribution in [3.8, 4) is 0 Å². The molecule has 4 fully saturated rings. The molecule has 0 unspecified atom stereocenters. The van der Waals surface area contributed by atoms with E-state index < -0.39 is 11.4 Å². The van der Waals surface area contributed by atoms with Crippen LogP contribution in [0.25, 0.3) is 0 Å². The SMILES string of the molecule is CCCCCCCCC(=O)OCc1cn(CC(=O)O[C@H]2CC[C@]3(C)[C@H]4CC=C5[C@@H]6CC(C)(C)CC[C@]6(C(=O)O)CC[C@@]5(C)[C@]4(C)CC[C@H]3C2(C)C)nn1. The summed E-state index contributed by atoms with van der Waals surface area (Å²) >= 11 is 0. The van der Waals surface area contributed by atoms with E-state index in [0.29, 0.717) is 24.0 Å². The normalized spacial score (nSPS) is 36.9. The van der Waals surface area contributed by atoms with Crippen LogP contribution in [0.4, 0.5) is 0 Å². The van der Waals surface area contributed by atoms with E-state index in [4.69, 9.17) is 9.47 Å². The first kappa shape index (κ1) is 40.0. The van der Waals surface area contributed by atoms with Crippen molar-refractivity contribution in [1.29, 1.82) is 0 Å². The standard InChI is InChI=1S/C44H69N3O6/c1-9-10-11-12-13-14-15-36(48)52-29-30-27-47(46-45-30)28-37(49)53-35-19-20-41(6)33(40(35,4)5)18-21-43(8)34(41)17-16-31-32-26-39(2,3)22-24-44(32,38(50)51)25-23-42(31,43)7/h16,27,32-35H,9-15,17-26,28-29H2,1-8H3,(H,50,51)/t32-,33-,34+,35-,41-,42+,43+,44-/m0/s1. The number of aromatic nitrogens is 3.